The molecule has 0 N–H and O–H groups in total. The van der Waals surface area contributed by atoms with Gasteiger partial charge in [0.25, 0.3) is 0 Å². The number of hydrogen-bond donors (Lipinski definition) is 0. The highest BCUT2D eigenvalue weighted by Gasteiger charge is 2.19. The number of unbranched alkanes of at least 4 members (excludes halogenated alkanes) is 43. The number of rotatable bonds is 66. The third kappa shape index (κ3) is 67.6. The van der Waals surface area contributed by atoms with Crippen LogP contribution in [0, 0.1) is 0 Å². The van der Waals surface area contributed by atoms with Crippen molar-refractivity contribution in [3.05, 3.63) is 72.9 Å². The predicted octanol–water partition coefficient (Wildman–Crippen LogP) is 24.8. The Labute approximate surface area is 510 Å². The van der Waals surface area contributed by atoms with Crippen molar-refractivity contribution >= 4 is 17.9 Å². The molecule has 0 rings (SSSR count). The lowest BCUT2D eigenvalue weighted by Gasteiger charge is -2.18. The summed E-state index contributed by atoms with van der Waals surface area (Å²) in [5.41, 5.74) is 0. The van der Waals surface area contributed by atoms with Crippen molar-refractivity contribution < 1.29 is 28.6 Å². The van der Waals surface area contributed by atoms with E-state index in [1.807, 2.05) is 0 Å². The van der Waals surface area contributed by atoms with Crippen LogP contribution in [-0.4, -0.2) is 37.2 Å². The zero-order chi connectivity index (χ0) is 59.2. The quantitative estimate of drug-likeness (QED) is 0.0261. The molecule has 6 nitrogen and oxygen atoms in total. The summed E-state index contributed by atoms with van der Waals surface area (Å²) in [6.07, 6.45) is 92.2. The van der Waals surface area contributed by atoms with Gasteiger partial charge in [0.1, 0.15) is 13.2 Å². The van der Waals surface area contributed by atoms with Crippen molar-refractivity contribution in [3.63, 3.8) is 0 Å². The molecule has 0 radical (unpaired) electrons. The van der Waals surface area contributed by atoms with E-state index in [1.165, 1.54) is 244 Å². The standard InChI is InChI=1S/C76H136O6/c1-4-7-10-13-16-19-22-25-28-30-32-33-34-35-36-37-38-39-40-41-42-43-45-46-48-51-54-57-60-63-66-69-75(78)81-72-73(71-80-74(77)68-65-62-59-56-53-50-27-24-21-18-15-12-9-6-3)82-76(79)70-67-64-61-58-55-52-49-47-44-31-29-26-23-20-17-14-11-8-5-2/h7,10,16-17,19-20,25-26,28-29,32-33,73H,4-6,8-9,11-15,18,21-24,27,30-31,34-72H2,1-3H3/b10-7-,19-16-,20-17-,28-25-,29-26-,33-32-. The molecule has 0 saturated carbocycles. The molecular weight excluding hydrogens is 1010 g/mol. The summed E-state index contributed by atoms with van der Waals surface area (Å²) in [6.45, 7) is 6.56. The molecule has 0 aliphatic heterocycles. The number of carbonyl (C=O) groups is 3. The Morgan fingerprint density at radius 1 is 0.256 bits per heavy atom. The minimum Gasteiger partial charge on any atom is -0.462 e. The second-order valence-corrected chi connectivity index (χ2v) is 24.1. The Hall–Kier alpha value is -3.15. The van der Waals surface area contributed by atoms with Gasteiger partial charge >= 0.3 is 17.9 Å². The van der Waals surface area contributed by atoms with Gasteiger partial charge in [0, 0.05) is 19.3 Å². The van der Waals surface area contributed by atoms with Crippen molar-refractivity contribution in [2.45, 2.75) is 380 Å². The predicted molar refractivity (Wildman–Crippen MR) is 358 cm³/mol. The third-order valence-electron chi connectivity index (χ3n) is 15.9. The molecule has 6 heteroatoms. The second kappa shape index (κ2) is 70.3. The zero-order valence-corrected chi connectivity index (χ0v) is 54.8. The fourth-order valence-electron chi connectivity index (χ4n) is 10.6. The maximum atomic E-state index is 12.9. The van der Waals surface area contributed by atoms with Gasteiger partial charge in [0.2, 0.25) is 0 Å². The van der Waals surface area contributed by atoms with E-state index in [2.05, 4.69) is 93.7 Å². The van der Waals surface area contributed by atoms with Crippen LogP contribution < -0.4 is 0 Å². The first kappa shape index (κ1) is 78.8. The van der Waals surface area contributed by atoms with E-state index in [9.17, 15) is 14.4 Å². The molecule has 0 aliphatic carbocycles. The molecule has 0 amide bonds. The van der Waals surface area contributed by atoms with Crippen molar-refractivity contribution in [2.24, 2.45) is 0 Å². The van der Waals surface area contributed by atoms with Crippen LogP contribution in [0.25, 0.3) is 0 Å². The van der Waals surface area contributed by atoms with E-state index in [4.69, 9.17) is 14.2 Å². The average molecular weight is 1150 g/mol. The van der Waals surface area contributed by atoms with Gasteiger partial charge in [-0.05, 0) is 89.9 Å². The van der Waals surface area contributed by atoms with Gasteiger partial charge in [0.05, 0.1) is 0 Å². The van der Waals surface area contributed by atoms with E-state index in [0.717, 1.165) is 89.9 Å². The normalized spacial score (nSPS) is 12.5. The lowest BCUT2D eigenvalue weighted by molar-refractivity contribution is -0.167. The molecule has 0 aromatic carbocycles. The van der Waals surface area contributed by atoms with Gasteiger partial charge in [-0.1, -0.05) is 338 Å². The molecule has 0 aromatic heterocycles. The van der Waals surface area contributed by atoms with Crippen LogP contribution in [0.3, 0.4) is 0 Å². The van der Waals surface area contributed by atoms with Gasteiger partial charge in [-0.25, -0.2) is 0 Å². The number of hydrogen-bond acceptors (Lipinski definition) is 6. The Morgan fingerprint density at radius 3 is 0.768 bits per heavy atom. The van der Waals surface area contributed by atoms with E-state index >= 15 is 0 Å². The number of carbonyl (C=O) groups excluding carboxylic acids is 3. The van der Waals surface area contributed by atoms with Crippen LogP contribution in [0.2, 0.25) is 0 Å². The molecule has 1 unspecified atom stereocenters. The van der Waals surface area contributed by atoms with Crippen LogP contribution in [0.4, 0.5) is 0 Å². The zero-order valence-electron chi connectivity index (χ0n) is 54.8. The number of allylic oxidation sites excluding steroid dienone is 12. The highest BCUT2D eigenvalue weighted by Crippen LogP contribution is 2.18. The van der Waals surface area contributed by atoms with Crippen LogP contribution in [0.5, 0.6) is 0 Å². The van der Waals surface area contributed by atoms with Crippen LogP contribution in [0.15, 0.2) is 72.9 Å². The van der Waals surface area contributed by atoms with E-state index in [0.29, 0.717) is 19.3 Å². The van der Waals surface area contributed by atoms with E-state index in [1.54, 1.807) is 0 Å². The Morgan fingerprint density at radius 2 is 0.476 bits per heavy atom. The highest BCUT2D eigenvalue weighted by molar-refractivity contribution is 5.71. The fraction of sp³-hybridized carbons (Fsp3) is 0.803. The Bertz CT molecular complexity index is 1500. The topological polar surface area (TPSA) is 78.9 Å². The maximum absolute atomic E-state index is 12.9. The highest BCUT2D eigenvalue weighted by atomic mass is 16.6. The van der Waals surface area contributed by atoms with Crippen molar-refractivity contribution in [3.8, 4) is 0 Å². The second-order valence-electron chi connectivity index (χ2n) is 24.1. The summed E-state index contributed by atoms with van der Waals surface area (Å²) in [5.74, 6) is -0.850. The summed E-state index contributed by atoms with van der Waals surface area (Å²) >= 11 is 0. The monoisotopic (exact) mass is 1150 g/mol. The first-order chi connectivity index (χ1) is 40.5. The van der Waals surface area contributed by atoms with Gasteiger partial charge in [-0.3, -0.25) is 14.4 Å². The molecule has 0 spiro atoms. The lowest BCUT2D eigenvalue weighted by Crippen LogP contribution is -2.30. The molecule has 82 heavy (non-hydrogen) atoms. The van der Waals surface area contributed by atoms with E-state index < -0.39 is 6.10 Å². The molecular formula is C76H136O6. The van der Waals surface area contributed by atoms with Crippen molar-refractivity contribution in [1.29, 1.82) is 0 Å². The smallest absolute Gasteiger partial charge is 0.306 e. The van der Waals surface area contributed by atoms with Crippen LogP contribution >= 0.6 is 0 Å². The first-order valence-electron chi connectivity index (χ1n) is 35.9. The maximum Gasteiger partial charge on any atom is 0.306 e. The van der Waals surface area contributed by atoms with Gasteiger partial charge in [-0.15, -0.1) is 0 Å². The van der Waals surface area contributed by atoms with Crippen molar-refractivity contribution in [2.75, 3.05) is 13.2 Å². The van der Waals surface area contributed by atoms with Crippen LogP contribution in [-0.2, 0) is 28.6 Å². The minimum atomic E-state index is -0.775. The molecule has 1 atom stereocenters. The summed E-state index contributed by atoms with van der Waals surface area (Å²) < 4.78 is 17.0. The lowest BCUT2D eigenvalue weighted by atomic mass is 10.0. The number of esters is 3. The molecule has 0 aromatic rings. The van der Waals surface area contributed by atoms with Crippen molar-refractivity contribution in [1.82, 2.24) is 0 Å². The number of ether oxygens (including phenoxy) is 3. The molecule has 0 aliphatic rings. The van der Waals surface area contributed by atoms with Crippen LogP contribution in [0.1, 0.15) is 374 Å². The molecule has 0 fully saturated rings. The first-order valence-corrected chi connectivity index (χ1v) is 35.9. The SMILES string of the molecule is CC/C=C\C/C=C\C/C=C\C/C=C\CCCCCCCCCCCCCCCCCCCCC(=O)OCC(COC(=O)CCCCCCCCCCCCCCCC)OC(=O)CCCCCCCCCCC/C=C\C/C=C\CCCCC. The Balaban J connectivity index is 4.20. The molecule has 0 bridgehead atoms. The Kier molecular flexibility index (Phi) is 67.6. The summed E-state index contributed by atoms with van der Waals surface area (Å²) in [4.78, 5) is 38.4. The molecule has 0 heterocycles. The third-order valence-corrected chi connectivity index (χ3v) is 15.9. The average Bonchev–Trinajstić information content (AvgIpc) is 3.47. The van der Waals surface area contributed by atoms with Gasteiger partial charge in [-0.2, -0.15) is 0 Å². The molecule has 0 saturated heterocycles. The van der Waals surface area contributed by atoms with Gasteiger partial charge in [0.15, 0.2) is 6.10 Å². The fourth-order valence-corrected chi connectivity index (χ4v) is 10.6. The largest absolute Gasteiger partial charge is 0.462 e. The molecule has 476 valence electrons. The summed E-state index contributed by atoms with van der Waals surface area (Å²) in [7, 11) is 0. The van der Waals surface area contributed by atoms with Gasteiger partial charge < -0.3 is 14.2 Å². The van der Waals surface area contributed by atoms with E-state index in [-0.39, 0.29) is 31.1 Å². The minimum absolute atomic E-state index is 0.0709. The summed E-state index contributed by atoms with van der Waals surface area (Å²) in [6, 6.07) is 0. The summed E-state index contributed by atoms with van der Waals surface area (Å²) in [5, 5.41) is 0.